The van der Waals surface area contributed by atoms with Crippen LogP contribution in [0.5, 0.6) is 0 Å². The van der Waals surface area contributed by atoms with Crippen LogP contribution < -0.4 is 0 Å². The number of ketones is 1. The Morgan fingerprint density at radius 3 is 2.40 bits per heavy atom. The van der Waals surface area contributed by atoms with E-state index in [0.29, 0.717) is 6.61 Å². The van der Waals surface area contributed by atoms with Crippen LogP contribution in [0.3, 0.4) is 0 Å². The summed E-state index contributed by atoms with van der Waals surface area (Å²) in [4.78, 5) is 23.1. The normalized spacial score (nSPS) is 16.0. The summed E-state index contributed by atoms with van der Waals surface area (Å²) in [5.41, 5.74) is 0.0428. The van der Waals surface area contributed by atoms with Gasteiger partial charge in [-0.25, -0.2) is 4.79 Å². The molecule has 1 rings (SSSR count). The topological polar surface area (TPSA) is 52.6 Å². The molecule has 1 aliphatic carbocycles. The number of rotatable bonds is 6. The predicted octanol–water partition coefficient (Wildman–Crippen LogP) is 1.45. The van der Waals surface area contributed by atoms with Crippen molar-refractivity contribution in [2.24, 2.45) is 5.92 Å². The van der Waals surface area contributed by atoms with Crippen LogP contribution in [-0.2, 0) is 19.1 Å². The standard InChI is InChI=1S/C11H16O4/c1-3-14-7-9(11(13)15-4-2)10(12)8-5-6-8/h7-8H,3-6H2,1-2H3/b9-7+. The second kappa shape index (κ2) is 5.53. The second-order valence-electron chi connectivity index (χ2n) is 3.35. The van der Waals surface area contributed by atoms with E-state index < -0.39 is 5.97 Å². The van der Waals surface area contributed by atoms with Crippen LogP contribution in [0, 0.1) is 5.92 Å². The van der Waals surface area contributed by atoms with E-state index in [4.69, 9.17) is 9.47 Å². The molecule has 0 saturated heterocycles. The molecule has 84 valence electrons. The highest BCUT2D eigenvalue weighted by Gasteiger charge is 2.35. The highest BCUT2D eigenvalue weighted by molar-refractivity contribution is 6.18. The van der Waals surface area contributed by atoms with Gasteiger partial charge in [0.15, 0.2) is 5.78 Å². The fourth-order valence-electron chi connectivity index (χ4n) is 1.15. The molecule has 4 heteroatoms. The van der Waals surface area contributed by atoms with Gasteiger partial charge in [-0.15, -0.1) is 0 Å². The van der Waals surface area contributed by atoms with Gasteiger partial charge in [0.05, 0.1) is 13.2 Å². The third-order valence-electron chi connectivity index (χ3n) is 2.08. The molecule has 0 aromatic heterocycles. The van der Waals surface area contributed by atoms with Gasteiger partial charge in [0.2, 0.25) is 0 Å². The van der Waals surface area contributed by atoms with Gasteiger partial charge in [-0.05, 0) is 26.7 Å². The molecule has 1 saturated carbocycles. The zero-order chi connectivity index (χ0) is 11.3. The molecule has 0 heterocycles. The quantitative estimate of drug-likeness (QED) is 0.220. The van der Waals surface area contributed by atoms with Crippen LogP contribution in [0.15, 0.2) is 11.8 Å². The molecular weight excluding hydrogens is 196 g/mol. The fraction of sp³-hybridized carbons (Fsp3) is 0.636. The molecule has 0 N–H and O–H groups in total. The van der Waals surface area contributed by atoms with E-state index in [0.717, 1.165) is 12.8 Å². The average molecular weight is 212 g/mol. The van der Waals surface area contributed by atoms with E-state index in [-0.39, 0.29) is 23.9 Å². The Kier molecular flexibility index (Phi) is 4.34. The molecule has 15 heavy (non-hydrogen) atoms. The first-order valence-corrected chi connectivity index (χ1v) is 5.23. The van der Waals surface area contributed by atoms with Gasteiger partial charge in [-0.3, -0.25) is 4.79 Å². The minimum Gasteiger partial charge on any atom is -0.500 e. The van der Waals surface area contributed by atoms with Gasteiger partial charge in [0.1, 0.15) is 11.8 Å². The number of hydrogen-bond donors (Lipinski definition) is 0. The summed E-state index contributed by atoms with van der Waals surface area (Å²) in [6.07, 6.45) is 2.95. The van der Waals surface area contributed by atoms with Gasteiger partial charge < -0.3 is 9.47 Å². The maximum atomic E-state index is 11.7. The molecule has 0 aromatic rings. The molecule has 0 bridgehead atoms. The van der Waals surface area contributed by atoms with Crippen molar-refractivity contribution in [1.29, 1.82) is 0 Å². The molecule has 0 radical (unpaired) electrons. The van der Waals surface area contributed by atoms with Gasteiger partial charge in [0.25, 0.3) is 0 Å². The first kappa shape index (κ1) is 11.8. The van der Waals surface area contributed by atoms with Crippen molar-refractivity contribution in [3.63, 3.8) is 0 Å². The Morgan fingerprint density at radius 2 is 1.93 bits per heavy atom. The number of ether oxygens (including phenoxy) is 2. The minimum atomic E-state index is -0.581. The SMILES string of the molecule is CCO/C=C(/C(=O)OCC)C(=O)C1CC1. The smallest absolute Gasteiger partial charge is 0.344 e. The summed E-state index contributed by atoms with van der Waals surface area (Å²) in [6, 6.07) is 0. The number of hydrogen-bond acceptors (Lipinski definition) is 4. The van der Waals surface area contributed by atoms with Crippen molar-refractivity contribution >= 4 is 11.8 Å². The van der Waals surface area contributed by atoms with E-state index in [9.17, 15) is 9.59 Å². The molecule has 0 aromatic carbocycles. The van der Waals surface area contributed by atoms with Crippen molar-refractivity contribution in [3.8, 4) is 0 Å². The molecule has 4 nitrogen and oxygen atoms in total. The van der Waals surface area contributed by atoms with E-state index >= 15 is 0 Å². The zero-order valence-corrected chi connectivity index (χ0v) is 9.12. The van der Waals surface area contributed by atoms with Crippen molar-refractivity contribution in [1.82, 2.24) is 0 Å². The number of esters is 1. The Labute approximate surface area is 89.2 Å². The highest BCUT2D eigenvalue weighted by Crippen LogP contribution is 2.32. The summed E-state index contributed by atoms with van der Waals surface area (Å²) >= 11 is 0. The van der Waals surface area contributed by atoms with Crippen LogP contribution >= 0.6 is 0 Å². The lowest BCUT2D eigenvalue weighted by atomic mass is 10.1. The predicted molar refractivity (Wildman–Crippen MR) is 54.1 cm³/mol. The molecule has 0 spiro atoms. The van der Waals surface area contributed by atoms with Crippen LogP contribution in [0.25, 0.3) is 0 Å². The van der Waals surface area contributed by atoms with E-state index in [1.165, 1.54) is 6.26 Å². The van der Waals surface area contributed by atoms with E-state index in [1.807, 2.05) is 0 Å². The monoisotopic (exact) mass is 212 g/mol. The summed E-state index contributed by atoms with van der Waals surface area (Å²) < 4.78 is 9.77. The lowest BCUT2D eigenvalue weighted by molar-refractivity contribution is -0.140. The summed E-state index contributed by atoms with van der Waals surface area (Å²) in [7, 11) is 0. The largest absolute Gasteiger partial charge is 0.500 e. The molecule has 0 unspecified atom stereocenters. The molecule has 1 fully saturated rings. The highest BCUT2D eigenvalue weighted by atomic mass is 16.5. The Bertz CT molecular complexity index is 276. The molecule has 0 amide bonds. The van der Waals surface area contributed by atoms with Crippen LogP contribution in [0.2, 0.25) is 0 Å². The Hall–Kier alpha value is -1.32. The third-order valence-corrected chi connectivity index (χ3v) is 2.08. The maximum absolute atomic E-state index is 11.7. The minimum absolute atomic E-state index is 0.00103. The summed E-state index contributed by atoms with van der Waals surface area (Å²) in [6.45, 7) is 4.19. The first-order chi connectivity index (χ1) is 7.20. The summed E-state index contributed by atoms with van der Waals surface area (Å²) in [5.74, 6) is -0.731. The molecular formula is C11H16O4. The van der Waals surface area contributed by atoms with Gasteiger partial charge >= 0.3 is 5.97 Å². The molecule has 0 aliphatic heterocycles. The molecule has 1 aliphatic rings. The lowest BCUT2D eigenvalue weighted by Gasteiger charge is -2.05. The molecule has 0 atom stereocenters. The van der Waals surface area contributed by atoms with Crippen LogP contribution in [0.4, 0.5) is 0 Å². The van der Waals surface area contributed by atoms with Crippen molar-refractivity contribution in [2.75, 3.05) is 13.2 Å². The Morgan fingerprint density at radius 1 is 1.27 bits per heavy atom. The zero-order valence-electron chi connectivity index (χ0n) is 9.12. The second-order valence-corrected chi connectivity index (χ2v) is 3.35. The van der Waals surface area contributed by atoms with Crippen LogP contribution in [-0.4, -0.2) is 25.0 Å². The van der Waals surface area contributed by atoms with Crippen molar-refractivity contribution < 1.29 is 19.1 Å². The fourth-order valence-corrected chi connectivity index (χ4v) is 1.15. The van der Waals surface area contributed by atoms with Crippen molar-refractivity contribution in [3.05, 3.63) is 11.8 Å². The van der Waals surface area contributed by atoms with Gasteiger partial charge in [-0.1, -0.05) is 0 Å². The van der Waals surface area contributed by atoms with Crippen LogP contribution in [0.1, 0.15) is 26.7 Å². The van der Waals surface area contributed by atoms with Gasteiger partial charge in [0, 0.05) is 5.92 Å². The van der Waals surface area contributed by atoms with Crippen molar-refractivity contribution in [2.45, 2.75) is 26.7 Å². The third kappa shape index (κ3) is 3.38. The lowest BCUT2D eigenvalue weighted by Crippen LogP contribution is -2.17. The van der Waals surface area contributed by atoms with E-state index in [1.54, 1.807) is 13.8 Å². The number of carbonyl (C=O) groups excluding carboxylic acids is 2. The number of carbonyl (C=O) groups is 2. The first-order valence-electron chi connectivity index (χ1n) is 5.23. The Balaban J connectivity index is 2.67. The van der Waals surface area contributed by atoms with Gasteiger partial charge in [-0.2, -0.15) is 0 Å². The van der Waals surface area contributed by atoms with E-state index in [2.05, 4.69) is 0 Å². The maximum Gasteiger partial charge on any atom is 0.344 e. The summed E-state index contributed by atoms with van der Waals surface area (Å²) in [5, 5.41) is 0. The number of Topliss-reactive ketones (excluding diaryl/α,β-unsaturated/α-hetero) is 1. The average Bonchev–Trinajstić information content (AvgIpc) is 3.01.